The second-order valence-electron chi connectivity index (χ2n) is 4.91. The van der Waals surface area contributed by atoms with Gasteiger partial charge in [0.1, 0.15) is 0 Å². The molecule has 1 fully saturated rings. The molecule has 0 spiro atoms. The highest BCUT2D eigenvalue weighted by molar-refractivity contribution is 7.13. The summed E-state index contributed by atoms with van der Waals surface area (Å²) >= 11 is 1.62. The molecule has 0 amide bonds. The molecule has 2 atom stereocenters. The molecular formula is C13H17N3O2S. The fourth-order valence-electron chi connectivity index (χ4n) is 2.19. The van der Waals surface area contributed by atoms with Crippen LogP contribution >= 0.6 is 11.3 Å². The number of morpholine rings is 1. The summed E-state index contributed by atoms with van der Waals surface area (Å²) in [5.41, 5.74) is 0. The van der Waals surface area contributed by atoms with E-state index in [-0.39, 0.29) is 6.10 Å². The summed E-state index contributed by atoms with van der Waals surface area (Å²) in [6.45, 7) is 6.59. The van der Waals surface area contributed by atoms with Crippen molar-refractivity contribution in [2.24, 2.45) is 0 Å². The van der Waals surface area contributed by atoms with Gasteiger partial charge in [0, 0.05) is 12.6 Å². The molecule has 2 aromatic heterocycles. The standard InChI is InChI=1S/C13H17N3O2S/c1-9-8-17-10(2)6-16(9)7-12-14-13(15-18-12)11-4-3-5-19-11/h3-5,9-10H,6-8H2,1-2H3. The molecule has 3 rings (SSSR count). The van der Waals surface area contributed by atoms with Crippen molar-refractivity contribution in [1.29, 1.82) is 0 Å². The SMILES string of the molecule is CC1CN(Cc2nc(-c3cccs3)no2)C(C)CO1. The molecule has 0 radical (unpaired) electrons. The molecule has 1 aliphatic rings. The fraction of sp³-hybridized carbons (Fsp3) is 0.538. The number of nitrogens with zero attached hydrogens (tertiary/aromatic N) is 3. The first-order valence-corrected chi connectivity index (χ1v) is 7.32. The van der Waals surface area contributed by atoms with Crippen LogP contribution in [0.25, 0.3) is 10.7 Å². The zero-order valence-electron chi connectivity index (χ0n) is 11.1. The quantitative estimate of drug-likeness (QED) is 0.863. The van der Waals surface area contributed by atoms with E-state index < -0.39 is 0 Å². The minimum Gasteiger partial charge on any atom is -0.376 e. The van der Waals surface area contributed by atoms with Crippen LogP contribution in [0.4, 0.5) is 0 Å². The van der Waals surface area contributed by atoms with Gasteiger partial charge < -0.3 is 9.26 Å². The zero-order chi connectivity index (χ0) is 13.2. The van der Waals surface area contributed by atoms with Crippen LogP contribution in [0.15, 0.2) is 22.0 Å². The van der Waals surface area contributed by atoms with Gasteiger partial charge in [-0.05, 0) is 25.3 Å². The lowest BCUT2D eigenvalue weighted by atomic mass is 10.2. The number of rotatable bonds is 3. The van der Waals surface area contributed by atoms with Gasteiger partial charge in [0.2, 0.25) is 11.7 Å². The lowest BCUT2D eigenvalue weighted by molar-refractivity contribution is -0.0555. The summed E-state index contributed by atoms with van der Waals surface area (Å²) < 4.78 is 11.0. The first-order chi connectivity index (χ1) is 9.22. The zero-order valence-corrected chi connectivity index (χ0v) is 11.9. The van der Waals surface area contributed by atoms with Crippen LogP contribution in [0, 0.1) is 0 Å². The molecule has 1 aliphatic heterocycles. The molecule has 102 valence electrons. The van der Waals surface area contributed by atoms with Gasteiger partial charge in [-0.2, -0.15) is 4.98 Å². The Bertz CT molecular complexity index is 526. The maximum Gasteiger partial charge on any atom is 0.241 e. The first-order valence-electron chi connectivity index (χ1n) is 6.44. The maximum absolute atomic E-state index is 5.62. The Morgan fingerprint density at radius 1 is 1.47 bits per heavy atom. The molecule has 6 heteroatoms. The molecule has 0 bridgehead atoms. The van der Waals surface area contributed by atoms with Gasteiger partial charge in [0.25, 0.3) is 0 Å². The third-order valence-corrected chi connectivity index (χ3v) is 4.15. The summed E-state index contributed by atoms with van der Waals surface area (Å²) in [4.78, 5) is 7.82. The minimum absolute atomic E-state index is 0.260. The number of ether oxygens (including phenoxy) is 1. The smallest absolute Gasteiger partial charge is 0.241 e. The minimum atomic E-state index is 0.260. The van der Waals surface area contributed by atoms with Crippen molar-refractivity contribution in [2.75, 3.05) is 13.2 Å². The normalized spacial score (nSPS) is 24.7. The Labute approximate surface area is 116 Å². The Kier molecular flexibility index (Phi) is 3.63. The topological polar surface area (TPSA) is 51.4 Å². The van der Waals surface area contributed by atoms with Crippen molar-refractivity contribution < 1.29 is 9.26 Å². The Balaban J connectivity index is 1.70. The highest BCUT2D eigenvalue weighted by Gasteiger charge is 2.25. The molecule has 0 aromatic carbocycles. The fourth-order valence-corrected chi connectivity index (χ4v) is 2.84. The van der Waals surface area contributed by atoms with Gasteiger partial charge in [-0.25, -0.2) is 0 Å². The average Bonchev–Trinajstić information content (AvgIpc) is 3.04. The van der Waals surface area contributed by atoms with E-state index in [9.17, 15) is 0 Å². The Morgan fingerprint density at radius 3 is 3.16 bits per heavy atom. The van der Waals surface area contributed by atoms with E-state index in [1.54, 1.807) is 11.3 Å². The number of hydrogen-bond donors (Lipinski definition) is 0. The van der Waals surface area contributed by atoms with Crippen LogP contribution in [-0.4, -0.2) is 40.3 Å². The monoisotopic (exact) mass is 279 g/mol. The van der Waals surface area contributed by atoms with Crippen molar-refractivity contribution in [2.45, 2.75) is 32.5 Å². The molecule has 2 unspecified atom stereocenters. The highest BCUT2D eigenvalue weighted by Crippen LogP contribution is 2.22. The van der Waals surface area contributed by atoms with Crippen LogP contribution in [0.5, 0.6) is 0 Å². The summed E-state index contributed by atoms with van der Waals surface area (Å²) in [6, 6.07) is 4.37. The molecule has 0 N–H and O–H groups in total. The van der Waals surface area contributed by atoms with Crippen LogP contribution in [0.3, 0.4) is 0 Å². The van der Waals surface area contributed by atoms with Crippen LogP contribution in [0.2, 0.25) is 0 Å². The number of hydrogen-bond acceptors (Lipinski definition) is 6. The van der Waals surface area contributed by atoms with E-state index in [1.807, 2.05) is 17.5 Å². The average molecular weight is 279 g/mol. The van der Waals surface area contributed by atoms with Crippen molar-refractivity contribution in [3.05, 3.63) is 23.4 Å². The van der Waals surface area contributed by atoms with Gasteiger partial charge in [-0.1, -0.05) is 11.2 Å². The lowest BCUT2D eigenvalue weighted by Gasteiger charge is -2.35. The molecule has 3 heterocycles. The maximum atomic E-state index is 5.62. The van der Waals surface area contributed by atoms with Crippen molar-refractivity contribution in [3.63, 3.8) is 0 Å². The summed E-state index contributed by atoms with van der Waals surface area (Å²) in [7, 11) is 0. The van der Waals surface area contributed by atoms with E-state index in [2.05, 4.69) is 28.9 Å². The summed E-state index contributed by atoms with van der Waals surface area (Å²) in [5.74, 6) is 1.35. The lowest BCUT2D eigenvalue weighted by Crippen LogP contribution is -2.46. The van der Waals surface area contributed by atoms with Gasteiger partial charge in [0.15, 0.2) is 0 Å². The molecule has 1 saturated heterocycles. The Morgan fingerprint density at radius 2 is 2.37 bits per heavy atom. The second-order valence-corrected chi connectivity index (χ2v) is 5.86. The van der Waals surface area contributed by atoms with Crippen molar-refractivity contribution in [3.8, 4) is 10.7 Å². The van der Waals surface area contributed by atoms with Gasteiger partial charge in [-0.15, -0.1) is 11.3 Å². The largest absolute Gasteiger partial charge is 0.376 e. The van der Waals surface area contributed by atoms with E-state index in [0.29, 0.717) is 24.3 Å². The van der Waals surface area contributed by atoms with Gasteiger partial charge in [0.05, 0.1) is 24.1 Å². The highest BCUT2D eigenvalue weighted by atomic mass is 32.1. The third kappa shape index (κ3) is 2.86. The molecule has 19 heavy (non-hydrogen) atoms. The predicted octanol–water partition coefficient (Wildman–Crippen LogP) is 2.41. The van der Waals surface area contributed by atoms with Crippen LogP contribution in [0.1, 0.15) is 19.7 Å². The molecule has 5 nitrogen and oxygen atoms in total. The predicted molar refractivity (Wildman–Crippen MR) is 72.9 cm³/mol. The number of aromatic nitrogens is 2. The number of thiophene rings is 1. The van der Waals surface area contributed by atoms with Crippen LogP contribution < -0.4 is 0 Å². The molecule has 0 aliphatic carbocycles. The van der Waals surface area contributed by atoms with E-state index >= 15 is 0 Å². The Hall–Kier alpha value is -1.24. The summed E-state index contributed by atoms with van der Waals surface area (Å²) in [6.07, 6.45) is 0.260. The molecule has 0 saturated carbocycles. The summed E-state index contributed by atoms with van der Waals surface area (Å²) in [5, 5.41) is 6.05. The molecular weight excluding hydrogens is 262 g/mol. The van der Waals surface area contributed by atoms with E-state index in [1.165, 1.54) is 0 Å². The first kappa shape index (κ1) is 12.8. The third-order valence-electron chi connectivity index (χ3n) is 3.28. The van der Waals surface area contributed by atoms with Gasteiger partial charge in [-0.3, -0.25) is 4.90 Å². The molecule has 2 aromatic rings. The van der Waals surface area contributed by atoms with Crippen molar-refractivity contribution in [1.82, 2.24) is 15.0 Å². The van der Waals surface area contributed by atoms with Crippen molar-refractivity contribution >= 4 is 11.3 Å². The van der Waals surface area contributed by atoms with Gasteiger partial charge >= 0.3 is 0 Å². The van der Waals surface area contributed by atoms with Crippen LogP contribution in [-0.2, 0) is 11.3 Å². The van der Waals surface area contributed by atoms with E-state index in [4.69, 9.17) is 9.26 Å². The second kappa shape index (κ2) is 5.40. The van der Waals surface area contributed by atoms with E-state index in [0.717, 1.165) is 18.0 Å².